The van der Waals surface area contributed by atoms with E-state index in [1.165, 1.54) is 0 Å². The first-order valence-electron chi connectivity index (χ1n) is 12.1. The third-order valence-corrected chi connectivity index (χ3v) is 6.76. The lowest BCUT2D eigenvalue weighted by Crippen LogP contribution is -2.46. The molecule has 9 nitrogen and oxygen atoms in total. The Labute approximate surface area is 205 Å². The van der Waals surface area contributed by atoms with Crippen LogP contribution in [-0.2, 0) is 14.1 Å². The van der Waals surface area contributed by atoms with Crippen LogP contribution in [0.15, 0.2) is 55.2 Å². The summed E-state index contributed by atoms with van der Waals surface area (Å²) in [6.07, 6.45) is 12.9. The smallest absolute Gasteiger partial charge is 0.161 e. The number of hydrogen-bond donors (Lipinski definition) is 3. The minimum Gasteiger partial charge on any atom is -0.389 e. The first-order valence-corrected chi connectivity index (χ1v) is 12.1. The number of aliphatic hydroxyl groups excluding tert-OH is 1. The Balaban J connectivity index is 1.53. The third kappa shape index (κ3) is 4.96. The van der Waals surface area contributed by atoms with Gasteiger partial charge in [0.25, 0.3) is 0 Å². The number of aliphatic hydroxyl groups is 1. The topological polar surface area (TPSA) is 106 Å². The van der Waals surface area contributed by atoms with Gasteiger partial charge in [0, 0.05) is 61.0 Å². The van der Waals surface area contributed by atoms with Crippen molar-refractivity contribution in [2.75, 3.05) is 12.4 Å². The zero-order chi connectivity index (χ0) is 24.4. The summed E-state index contributed by atoms with van der Waals surface area (Å²) in [7, 11) is 5.71. The van der Waals surface area contributed by atoms with Gasteiger partial charge in [-0.2, -0.15) is 10.2 Å². The minimum absolute atomic E-state index is 0.0503. The molecule has 1 aliphatic rings. The normalized spacial score (nSPS) is 20.5. The van der Waals surface area contributed by atoms with Crippen molar-refractivity contribution in [3.63, 3.8) is 0 Å². The van der Waals surface area contributed by atoms with E-state index in [-0.39, 0.29) is 12.1 Å². The van der Waals surface area contributed by atoms with Gasteiger partial charge in [0.05, 0.1) is 24.5 Å². The maximum Gasteiger partial charge on any atom is 0.161 e. The molecule has 5 rings (SSSR count). The number of nitrogens with one attached hydrogen (secondary N) is 2. The quantitative estimate of drug-likeness (QED) is 0.370. The Morgan fingerprint density at radius 2 is 1.57 bits per heavy atom. The molecule has 0 spiro atoms. The van der Waals surface area contributed by atoms with Gasteiger partial charge in [0.2, 0.25) is 0 Å². The van der Waals surface area contributed by atoms with Gasteiger partial charge in [-0.25, -0.2) is 9.97 Å². The standard InChI is InChI=1S/C26H32N8O/c1-27-22-9-4-5-10-23(24(22)35)31-26-21(20-13-30-34(3)16-20)14-28-25(32-26)18-8-6-7-17(11-18)19-12-29-33(2)15-19/h6-8,11-16,22-24,27,35H,4-5,9-10H2,1-3H3,(H,28,31,32)/t22-,23-,24+/m0/s1. The van der Waals surface area contributed by atoms with Crippen molar-refractivity contribution in [1.29, 1.82) is 0 Å². The fraction of sp³-hybridized carbons (Fsp3) is 0.385. The Bertz CT molecular complexity index is 1300. The number of aryl methyl sites for hydroxylation is 2. The molecule has 9 heteroatoms. The van der Waals surface area contributed by atoms with Gasteiger partial charge in [0.1, 0.15) is 5.82 Å². The van der Waals surface area contributed by atoms with Gasteiger partial charge < -0.3 is 15.7 Å². The first-order chi connectivity index (χ1) is 17.0. The molecule has 3 N–H and O–H groups in total. The van der Waals surface area contributed by atoms with E-state index < -0.39 is 6.10 Å². The van der Waals surface area contributed by atoms with E-state index in [0.717, 1.165) is 53.5 Å². The highest BCUT2D eigenvalue weighted by molar-refractivity contribution is 5.76. The van der Waals surface area contributed by atoms with Crippen LogP contribution in [-0.4, -0.2) is 59.9 Å². The first kappa shape index (κ1) is 23.2. The van der Waals surface area contributed by atoms with Crippen molar-refractivity contribution < 1.29 is 5.11 Å². The summed E-state index contributed by atoms with van der Waals surface area (Å²) in [6.45, 7) is 0. The summed E-state index contributed by atoms with van der Waals surface area (Å²) >= 11 is 0. The van der Waals surface area contributed by atoms with Gasteiger partial charge >= 0.3 is 0 Å². The van der Waals surface area contributed by atoms with Gasteiger partial charge in [-0.3, -0.25) is 9.36 Å². The van der Waals surface area contributed by atoms with E-state index in [9.17, 15) is 5.11 Å². The summed E-state index contributed by atoms with van der Waals surface area (Å²) in [5.41, 5.74) is 4.81. The molecule has 4 aromatic rings. The van der Waals surface area contributed by atoms with Gasteiger partial charge in [-0.05, 0) is 31.5 Å². The monoisotopic (exact) mass is 472 g/mol. The van der Waals surface area contributed by atoms with Gasteiger partial charge in [0.15, 0.2) is 5.82 Å². The molecule has 1 aromatic carbocycles. The van der Waals surface area contributed by atoms with E-state index in [0.29, 0.717) is 11.6 Å². The van der Waals surface area contributed by atoms with E-state index in [1.54, 1.807) is 9.36 Å². The Hall–Kier alpha value is -3.56. The fourth-order valence-electron chi connectivity index (χ4n) is 4.81. The van der Waals surface area contributed by atoms with Gasteiger partial charge in [-0.15, -0.1) is 0 Å². The third-order valence-electron chi connectivity index (χ3n) is 6.76. The fourth-order valence-corrected chi connectivity index (χ4v) is 4.81. The van der Waals surface area contributed by atoms with Crippen LogP contribution in [0.1, 0.15) is 25.7 Å². The van der Waals surface area contributed by atoms with E-state index in [4.69, 9.17) is 9.97 Å². The maximum absolute atomic E-state index is 11.1. The molecule has 3 atom stereocenters. The summed E-state index contributed by atoms with van der Waals surface area (Å²) in [5, 5.41) is 26.6. The summed E-state index contributed by atoms with van der Waals surface area (Å²) in [4.78, 5) is 9.68. The number of aromatic nitrogens is 6. The average molecular weight is 473 g/mol. The highest BCUT2D eigenvalue weighted by Crippen LogP contribution is 2.31. The number of rotatable bonds is 6. The van der Waals surface area contributed by atoms with E-state index >= 15 is 0 Å². The van der Waals surface area contributed by atoms with Crippen LogP contribution in [0.25, 0.3) is 33.6 Å². The number of benzene rings is 1. The van der Waals surface area contributed by atoms with Crippen molar-refractivity contribution in [3.8, 4) is 33.6 Å². The average Bonchev–Trinajstić information content (AvgIpc) is 3.46. The van der Waals surface area contributed by atoms with E-state index in [1.807, 2.05) is 64.3 Å². The molecule has 1 fully saturated rings. The molecule has 0 saturated heterocycles. The molecule has 182 valence electrons. The Morgan fingerprint density at radius 3 is 2.26 bits per heavy atom. The number of anilines is 1. The molecule has 0 bridgehead atoms. The predicted molar refractivity (Wildman–Crippen MR) is 137 cm³/mol. The second-order valence-electron chi connectivity index (χ2n) is 9.26. The largest absolute Gasteiger partial charge is 0.389 e. The maximum atomic E-state index is 11.1. The molecule has 0 radical (unpaired) electrons. The van der Waals surface area contributed by atoms with Crippen molar-refractivity contribution in [3.05, 3.63) is 55.2 Å². The zero-order valence-electron chi connectivity index (χ0n) is 20.4. The number of hydrogen-bond acceptors (Lipinski definition) is 7. The van der Waals surface area contributed by atoms with Crippen molar-refractivity contribution in [2.45, 2.75) is 43.9 Å². The summed E-state index contributed by atoms with van der Waals surface area (Å²) < 4.78 is 3.56. The molecule has 0 unspecified atom stereocenters. The van der Waals surface area contributed by atoms with Crippen LogP contribution in [0.4, 0.5) is 5.82 Å². The van der Waals surface area contributed by atoms with Crippen LogP contribution in [0.3, 0.4) is 0 Å². The lowest BCUT2D eigenvalue weighted by Gasteiger charge is -2.28. The molecule has 1 saturated carbocycles. The molecule has 35 heavy (non-hydrogen) atoms. The Morgan fingerprint density at radius 1 is 0.886 bits per heavy atom. The van der Waals surface area contributed by atoms with Crippen LogP contribution >= 0.6 is 0 Å². The zero-order valence-corrected chi connectivity index (χ0v) is 20.4. The van der Waals surface area contributed by atoms with Gasteiger partial charge in [-0.1, -0.05) is 31.0 Å². The van der Waals surface area contributed by atoms with Crippen molar-refractivity contribution >= 4 is 5.82 Å². The molecular weight excluding hydrogens is 440 g/mol. The van der Waals surface area contributed by atoms with Crippen molar-refractivity contribution in [2.24, 2.45) is 14.1 Å². The molecule has 3 aromatic heterocycles. The molecular formula is C26H32N8O. The van der Waals surface area contributed by atoms with E-state index in [2.05, 4.69) is 33.0 Å². The second kappa shape index (κ2) is 9.97. The highest BCUT2D eigenvalue weighted by atomic mass is 16.3. The summed E-state index contributed by atoms with van der Waals surface area (Å²) in [5.74, 6) is 1.33. The summed E-state index contributed by atoms with van der Waals surface area (Å²) in [6, 6.07) is 8.10. The lowest BCUT2D eigenvalue weighted by molar-refractivity contribution is 0.112. The minimum atomic E-state index is -0.517. The van der Waals surface area contributed by atoms with Crippen LogP contribution in [0, 0.1) is 0 Å². The predicted octanol–water partition coefficient (Wildman–Crippen LogP) is 3.25. The lowest BCUT2D eigenvalue weighted by atomic mass is 10.0. The molecule has 3 heterocycles. The molecule has 0 aliphatic heterocycles. The van der Waals surface area contributed by atoms with Crippen LogP contribution in [0.5, 0.6) is 0 Å². The second-order valence-corrected chi connectivity index (χ2v) is 9.26. The van der Waals surface area contributed by atoms with Crippen LogP contribution in [0.2, 0.25) is 0 Å². The highest BCUT2D eigenvalue weighted by Gasteiger charge is 2.30. The molecule has 1 aliphatic carbocycles. The number of likely N-dealkylation sites (N-methyl/N-ethyl adjacent to an activating group) is 1. The number of nitrogens with zero attached hydrogens (tertiary/aromatic N) is 6. The SMILES string of the molecule is CN[C@H]1CCCC[C@H](Nc2nc(-c3cccc(-c4cnn(C)c4)c3)ncc2-c2cnn(C)c2)[C@@H]1O. The van der Waals surface area contributed by atoms with Crippen molar-refractivity contribution in [1.82, 2.24) is 34.8 Å². The van der Waals surface area contributed by atoms with Crippen LogP contribution < -0.4 is 10.6 Å². The molecule has 0 amide bonds. The Kier molecular flexibility index (Phi) is 6.61.